The number of carboxylic acid groups (broad SMARTS) is 1. The van der Waals surface area contributed by atoms with Crippen molar-refractivity contribution in [1.82, 2.24) is 10.3 Å². The Kier molecular flexibility index (Phi) is 5.30. The Morgan fingerprint density at radius 2 is 2.22 bits per heavy atom. The van der Waals surface area contributed by atoms with Crippen molar-refractivity contribution < 1.29 is 14.7 Å². The third-order valence-corrected chi connectivity index (χ3v) is 2.75. The zero-order valence-corrected chi connectivity index (χ0v) is 10.6. The van der Waals surface area contributed by atoms with Crippen LogP contribution in [0.5, 0.6) is 0 Å². The minimum atomic E-state index is -0.804. The maximum atomic E-state index is 11.8. The van der Waals surface area contributed by atoms with Crippen molar-refractivity contribution >= 4 is 11.9 Å². The number of carboxylic acids is 1. The largest absolute Gasteiger partial charge is 0.481 e. The molecule has 0 aromatic carbocycles. The standard InChI is InChI=1S/C13H18N2O3/c1-9-5-3-7-14-11(9)12(16)15-8-4-6-10(2)13(17)18/h3,5,7,10H,4,6,8H2,1-2H3,(H,15,16)(H,17,18). The predicted octanol–water partition coefficient (Wildman–Crippen LogP) is 1.62. The fourth-order valence-corrected chi connectivity index (χ4v) is 1.54. The van der Waals surface area contributed by atoms with E-state index in [1.165, 1.54) is 0 Å². The number of aliphatic carboxylic acids is 1. The highest BCUT2D eigenvalue weighted by atomic mass is 16.4. The van der Waals surface area contributed by atoms with Gasteiger partial charge in [0, 0.05) is 12.7 Å². The molecule has 1 atom stereocenters. The minimum absolute atomic E-state index is 0.212. The summed E-state index contributed by atoms with van der Waals surface area (Å²) in [5.74, 6) is -1.39. The number of nitrogens with zero attached hydrogens (tertiary/aromatic N) is 1. The first-order valence-corrected chi connectivity index (χ1v) is 5.95. The quantitative estimate of drug-likeness (QED) is 0.752. The van der Waals surface area contributed by atoms with Crippen LogP contribution in [0.3, 0.4) is 0 Å². The lowest BCUT2D eigenvalue weighted by Crippen LogP contribution is -2.26. The normalized spacial score (nSPS) is 11.9. The van der Waals surface area contributed by atoms with Crippen LogP contribution < -0.4 is 5.32 Å². The molecule has 1 rings (SSSR count). The number of hydrogen-bond acceptors (Lipinski definition) is 3. The van der Waals surface area contributed by atoms with Crippen LogP contribution in [0.25, 0.3) is 0 Å². The van der Waals surface area contributed by atoms with Gasteiger partial charge in [-0.25, -0.2) is 0 Å². The second-order valence-corrected chi connectivity index (χ2v) is 4.31. The van der Waals surface area contributed by atoms with Crippen molar-refractivity contribution in [1.29, 1.82) is 0 Å². The van der Waals surface area contributed by atoms with E-state index in [1.807, 2.05) is 13.0 Å². The summed E-state index contributed by atoms with van der Waals surface area (Å²) in [5, 5.41) is 11.4. The number of nitrogens with one attached hydrogen (secondary N) is 1. The van der Waals surface area contributed by atoms with Crippen molar-refractivity contribution in [2.24, 2.45) is 5.92 Å². The van der Waals surface area contributed by atoms with Gasteiger partial charge in [-0.2, -0.15) is 0 Å². The summed E-state index contributed by atoms with van der Waals surface area (Å²) >= 11 is 0. The Morgan fingerprint density at radius 1 is 1.50 bits per heavy atom. The Balaban J connectivity index is 2.34. The van der Waals surface area contributed by atoms with E-state index in [1.54, 1.807) is 19.2 Å². The smallest absolute Gasteiger partial charge is 0.306 e. The molecule has 1 amide bonds. The molecule has 0 fully saturated rings. The van der Waals surface area contributed by atoms with Crippen LogP contribution in [-0.4, -0.2) is 28.5 Å². The van der Waals surface area contributed by atoms with E-state index < -0.39 is 5.97 Å². The van der Waals surface area contributed by atoms with Gasteiger partial charge in [0.05, 0.1) is 5.92 Å². The Labute approximate surface area is 106 Å². The van der Waals surface area contributed by atoms with E-state index >= 15 is 0 Å². The van der Waals surface area contributed by atoms with E-state index in [-0.39, 0.29) is 11.8 Å². The highest BCUT2D eigenvalue weighted by Crippen LogP contribution is 2.05. The minimum Gasteiger partial charge on any atom is -0.481 e. The van der Waals surface area contributed by atoms with Crippen LogP contribution in [0.2, 0.25) is 0 Å². The van der Waals surface area contributed by atoms with Gasteiger partial charge >= 0.3 is 5.97 Å². The van der Waals surface area contributed by atoms with Crippen LogP contribution in [-0.2, 0) is 4.79 Å². The second-order valence-electron chi connectivity index (χ2n) is 4.31. The summed E-state index contributed by atoms with van der Waals surface area (Å²) < 4.78 is 0. The third kappa shape index (κ3) is 4.16. The van der Waals surface area contributed by atoms with Gasteiger partial charge in [0.25, 0.3) is 5.91 Å². The zero-order chi connectivity index (χ0) is 13.5. The molecule has 1 aromatic rings. The lowest BCUT2D eigenvalue weighted by molar-refractivity contribution is -0.141. The molecule has 1 aromatic heterocycles. The maximum Gasteiger partial charge on any atom is 0.306 e. The van der Waals surface area contributed by atoms with E-state index in [4.69, 9.17) is 5.11 Å². The molecule has 18 heavy (non-hydrogen) atoms. The first kappa shape index (κ1) is 14.2. The van der Waals surface area contributed by atoms with Gasteiger partial charge in [-0.05, 0) is 31.4 Å². The van der Waals surface area contributed by atoms with Gasteiger partial charge in [-0.15, -0.1) is 0 Å². The van der Waals surface area contributed by atoms with Crippen LogP contribution in [0.1, 0.15) is 35.8 Å². The number of carbonyl (C=O) groups excluding carboxylic acids is 1. The summed E-state index contributed by atoms with van der Waals surface area (Å²) in [6.07, 6.45) is 2.77. The SMILES string of the molecule is Cc1cccnc1C(=O)NCCCC(C)C(=O)O. The summed E-state index contributed by atoms with van der Waals surface area (Å²) in [6.45, 7) is 3.95. The number of aryl methyl sites for hydroxylation is 1. The maximum absolute atomic E-state index is 11.8. The topological polar surface area (TPSA) is 79.3 Å². The molecular formula is C13H18N2O3. The molecule has 0 spiro atoms. The highest BCUT2D eigenvalue weighted by Gasteiger charge is 2.11. The van der Waals surface area contributed by atoms with E-state index in [0.717, 1.165) is 5.56 Å². The zero-order valence-electron chi connectivity index (χ0n) is 10.6. The van der Waals surface area contributed by atoms with Crippen molar-refractivity contribution in [3.8, 4) is 0 Å². The van der Waals surface area contributed by atoms with Crippen LogP contribution >= 0.6 is 0 Å². The fraction of sp³-hybridized carbons (Fsp3) is 0.462. The van der Waals surface area contributed by atoms with Crippen molar-refractivity contribution in [3.63, 3.8) is 0 Å². The monoisotopic (exact) mass is 250 g/mol. The first-order valence-electron chi connectivity index (χ1n) is 5.95. The molecule has 5 heteroatoms. The third-order valence-electron chi connectivity index (χ3n) is 2.75. The second kappa shape index (κ2) is 6.74. The molecule has 0 bridgehead atoms. The molecule has 0 aliphatic heterocycles. The van der Waals surface area contributed by atoms with Crippen LogP contribution in [0.4, 0.5) is 0 Å². The summed E-state index contributed by atoms with van der Waals surface area (Å²) in [7, 11) is 0. The molecule has 0 saturated carbocycles. The van der Waals surface area contributed by atoms with Gasteiger partial charge in [-0.1, -0.05) is 13.0 Å². The van der Waals surface area contributed by atoms with Crippen LogP contribution in [0.15, 0.2) is 18.3 Å². The van der Waals surface area contributed by atoms with Gasteiger partial charge < -0.3 is 10.4 Å². The Morgan fingerprint density at radius 3 is 2.83 bits per heavy atom. The highest BCUT2D eigenvalue weighted by molar-refractivity contribution is 5.93. The molecule has 1 heterocycles. The number of hydrogen-bond donors (Lipinski definition) is 2. The number of aromatic nitrogens is 1. The Hall–Kier alpha value is -1.91. The molecule has 0 aliphatic carbocycles. The predicted molar refractivity (Wildman–Crippen MR) is 67.3 cm³/mol. The number of rotatable bonds is 6. The summed E-state index contributed by atoms with van der Waals surface area (Å²) in [5.41, 5.74) is 1.25. The molecule has 5 nitrogen and oxygen atoms in total. The lowest BCUT2D eigenvalue weighted by atomic mass is 10.1. The Bertz CT molecular complexity index is 432. The lowest BCUT2D eigenvalue weighted by Gasteiger charge is -2.08. The van der Waals surface area contributed by atoms with Crippen molar-refractivity contribution in [3.05, 3.63) is 29.6 Å². The molecule has 1 unspecified atom stereocenters. The fourth-order valence-electron chi connectivity index (χ4n) is 1.54. The van der Waals surface area contributed by atoms with E-state index in [0.29, 0.717) is 25.1 Å². The van der Waals surface area contributed by atoms with Gasteiger partial charge in [0.1, 0.15) is 5.69 Å². The van der Waals surface area contributed by atoms with E-state index in [2.05, 4.69) is 10.3 Å². The molecular weight excluding hydrogens is 232 g/mol. The first-order chi connectivity index (χ1) is 8.52. The average Bonchev–Trinajstić information content (AvgIpc) is 2.34. The van der Waals surface area contributed by atoms with Gasteiger partial charge in [-0.3, -0.25) is 14.6 Å². The van der Waals surface area contributed by atoms with Gasteiger partial charge in [0.2, 0.25) is 0 Å². The van der Waals surface area contributed by atoms with Crippen molar-refractivity contribution in [2.45, 2.75) is 26.7 Å². The number of carbonyl (C=O) groups is 2. The number of pyridine rings is 1. The molecule has 0 radical (unpaired) electrons. The summed E-state index contributed by atoms with van der Waals surface area (Å²) in [4.78, 5) is 26.4. The molecule has 98 valence electrons. The van der Waals surface area contributed by atoms with Crippen LogP contribution in [0, 0.1) is 12.8 Å². The molecule has 2 N–H and O–H groups in total. The number of amides is 1. The van der Waals surface area contributed by atoms with E-state index in [9.17, 15) is 9.59 Å². The summed E-state index contributed by atoms with van der Waals surface area (Å²) in [6, 6.07) is 3.61. The average molecular weight is 250 g/mol. The molecule has 0 saturated heterocycles. The van der Waals surface area contributed by atoms with Gasteiger partial charge in [0.15, 0.2) is 0 Å². The van der Waals surface area contributed by atoms with Crippen molar-refractivity contribution in [2.75, 3.05) is 6.54 Å². The molecule has 0 aliphatic rings.